The molecule has 1 aromatic carbocycles. The van der Waals surface area contributed by atoms with E-state index in [0.29, 0.717) is 6.54 Å². The summed E-state index contributed by atoms with van der Waals surface area (Å²) in [6, 6.07) is 10.2. The first-order valence-electron chi connectivity index (χ1n) is 7.95. The van der Waals surface area contributed by atoms with Gasteiger partial charge in [-0.1, -0.05) is 55.8 Å². The van der Waals surface area contributed by atoms with E-state index >= 15 is 0 Å². The van der Waals surface area contributed by atoms with Crippen LogP contribution >= 0.6 is 12.4 Å². The molecule has 1 aromatic rings. The Morgan fingerprint density at radius 2 is 1.91 bits per heavy atom. The number of rotatable bonds is 6. The lowest BCUT2D eigenvalue weighted by Crippen LogP contribution is -2.44. The Morgan fingerprint density at radius 3 is 2.45 bits per heavy atom. The lowest BCUT2D eigenvalue weighted by atomic mass is 9.75. The third kappa shape index (κ3) is 4.11. The number of amides is 1. The molecule has 0 saturated heterocycles. The molecule has 2 N–H and O–H groups in total. The summed E-state index contributed by atoms with van der Waals surface area (Å²) in [5, 5.41) is 6.45. The van der Waals surface area contributed by atoms with Crippen molar-refractivity contribution in [3.05, 3.63) is 47.5 Å². The monoisotopic (exact) mass is 322 g/mol. The first-order valence-corrected chi connectivity index (χ1v) is 7.95. The molecule has 0 radical (unpaired) electrons. The van der Waals surface area contributed by atoms with E-state index in [1.54, 1.807) is 0 Å². The molecule has 1 aliphatic heterocycles. The van der Waals surface area contributed by atoms with Crippen LogP contribution in [0.25, 0.3) is 0 Å². The molecule has 122 valence electrons. The Kier molecular flexibility index (Phi) is 7.63. The number of hydrogen-bond donors (Lipinski definition) is 2. The van der Waals surface area contributed by atoms with Gasteiger partial charge in [-0.3, -0.25) is 4.79 Å². The molecule has 0 aromatic heterocycles. The van der Waals surface area contributed by atoms with Crippen molar-refractivity contribution >= 4 is 18.3 Å². The fourth-order valence-electron chi connectivity index (χ4n) is 3.06. The highest BCUT2D eigenvalue weighted by Gasteiger charge is 2.36. The van der Waals surface area contributed by atoms with Gasteiger partial charge in [0, 0.05) is 13.1 Å². The number of halogens is 1. The zero-order valence-electron chi connectivity index (χ0n) is 13.5. The standard InChI is InChI=1S/C18H26N2O.ClH/c1-3-18(4-2,16-8-6-5-7-9-16)17(21)20-14-15-10-12-19-13-11-15;/h5-10,19H,3-4,11-14H2,1-2H3,(H,20,21);1H. The van der Waals surface area contributed by atoms with E-state index in [2.05, 4.69) is 42.7 Å². The Labute approximate surface area is 140 Å². The van der Waals surface area contributed by atoms with Gasteiger partial charge in [-0.05, 0) is 31.4 Å². The topological polar surface area (TPSA) is 41.1 Å². The summed E-state index contributed by atoms with van der Waals surface area (Å²) < 4.78 is 0. The van der Waals surface area contributed by atoms with Crippen LogP contribution in [0.3, 0.4) is 0 Å². The average Bonchev–Trinajstić information content (AvgIpc) is 2.56. The molecule has 0 unspecified atom stereocenters. The zero-order valence-corrected chi connectivity index (χ0v) is 14.3. The first-order chi connectivity index (χ1) is 10.2. The highest BCUT2D eigenvalue weighted by molar-refractivity contribution is 5.88. The minimum Gasteiger partial charge on any atom is -0.352 e. The van der Waals surface area contributed by atoms with E-state index in [1.807, 2.05) is 18.2 Å². The second kappa shape index (κ2) is 8.96. The van der Waals surface area contributed by atoms with Crippen LogP contribution in [-0.4, -0.2) is 25.5 Å². The number of nitrogens with one attached hydrogen (secondary N) is 2. The van der Waals surface area contributed by atoms with E-state index < -0.39 is 5.41 Å². The van der Waals surface area contributed by atoms with Crippen LogP contribution in [0.1, 0.15) is 38.7 Å². The second-order valence-corrected chi connectivity index (χ2v) is 5.65. The van der Waals surface area contributed by atoms with Crippen molar-refractivity contribution in [1.29, 1.82) is 0 Å². The highest BCUT2D eigenvalue weighted by atomic mass is 35.5. The third-order valence-corrected chi connectivity index (χ3v) is 4.60. The van der Waals surface area contributed by atoms with Crippen LogP contribution in [0.5, 0.6) is 0 Å². The summed E-state index contributed by atoms with van der Waals surface area (Å²) in [5.41, 5.74) is 2.04. The van der Waals surface area contributed by atoms with Gasteiger partial charge in [-0.15, -0.1) is 12.4 Å². The van der Waals surface area contributed by atoms with Gasteiger partial charge in [0.05, 0.1) is 5.41 Å². The van der Waals surface area contributed by atoms with Crippen molar-refractivity contribution in [3.63, 3.8) is 0 Å². The maximum absolute atomic E-state index is 12.8. The molecular formula is C18H27ClN2O. The largest absolute Gasteiger partial charge is 0.352 e. The SMILES string of the molecule is CCC(CC)(C(=O)NCC1=CCNCC1)c1ccccc1.Cl. The third-order valence-electron chi connectivity index (χ3n) is 4.60. The molecule has 1 amide bonds. The Hall–Kier alpha value is -1.32. The van der Waals surface area contributed by atoms with Crippen LogP contribution in [-0.2, 0) is 10.2 Å². The van der Waals surface area contributed by atoms with Gasteiger partial charge in [-0.2, -0.15) is 0 Å². The van der Waals surface area contributed by atoms with Crippen molar-refractivity contribution in [2.75, 3.05) is 19.6 Å². The maximum atomic E-state index is 12.8. The molecule has 22 heavy (non-hydrogen) atoms. The number of carbonyl (C=O) groups excluding carboxylic acids is 1. The van der Waals surface area contributed by atoms with E-state index in [4.69, 9.17) is 0 Å². The van der Waals surface area contributed by atoms with E-state index in [9.17, 15) is 4.79 Å². The van der Waals surface area contributed by atoms with E-state index in [-0.39, 0.29) is 18.3 Å². The predicted octanol–water partition coefficient (Wildman–Crippen LogP) is 3.20. The van der Waals surface area contributed by atoms with Crippen molar-refractivity contribution in [2.24, 2.45) is 0 Å². The summed E-state index contributed by atoms with van der Waals surface area (Å²) in [4.78, 5) is 12.8. The second-order valence-electron chi connectivity index (χ2n) is 5.65. The lowest BCUT2D eigenvalue weighted by Gasteiger charge is -2.31. The number of carbonyl (C=O) groups is 1. The van der Waals surface area contributed by atoms with Crippen LogP contribution in [0, 0.1) is 0 Å². The summed E-state index contributed by atoms with van der Waals surface area (Å²) >= 11 is 0. The van der Waals surface area contributed by atoms with Gasteiger partial charge >= 0.3 is 0 Å². The Balaban J connectivity index is 0.00000242. The van der Waals surface area contributed by atoms with Gasteiger partial charge in [-0.25, -0.2) is 0 Å². The molecule has 1 heterocycles. The van der Waals surface area contributed by atoms with Crippen molar-refractivity contribution < 1.29 is 4.79 Å². The molecule has 0 atom stereocenters. The highest BCUT2D eigenvalue weighted by Crippen LogP contribution is 2.31. The summed E-state index contributed by atoms with van der Waals surface area (Å²) in [6.07, 6.45) is 4.85. The normalized spacial score (nSPS) is 14.7. The average molecular weight is 323 g/mol. The molecule has 3 nitrogen and oxygen atoms in total. The molecule has 0 bridgehead atoms. The Morgan fingerprint density at radius 1 is 1.23 bits per heavy atom. The molecule has 0 aliphatic carbocycles. The molecular weight excluding hydrogens is 296 g/mol. The molecule has 4 heteroatoms. The fourth-order valence-corrected chi connectivity index (χ4v) is 3.06. The molecule has 0 saturated carbocycles. The minimum atomic E-state index is -0.408. The van der Waals surface area contributed by atoms with Crippen molar-refractivity contribution in [1.82, 2.24) is 10.6 Å². The first kappa shape index (κ1) is 18.7. The van der Waals surface area contributed by atoms with E-state index in [0.717, 1.165) is 37.9 Å². The van der Waals surface area contributed by atoms with Crippen LogP contribution in [0.4, 0.5) is 0 Å². The van der Waals surface area contributed by atoms with E-state index in [1.165, 1.54) is 5.57 Å². The van der Waals surface area contributed by atoms with Crippen LogP contribution in [0.2, 0.25) is 0 Å². The van der Waals surface area contributed by atoms with Gasteiger partial charge in [0.2, 0.25) is 5.91 Å². The molecule has 0 spiro atoms. The van der Waals surface area contributed by atoms with Gasteiger partial charge < -0.3 is 10.6 Å². The van der Waals surface area contributed by atoms with Crippen LogP contribution < -0.4 is 10.6 Å². The molecule has 1 aliphatic rings. The number of hydrogen-bond acceptors (Lipinski definition) is 2. The van der Waals surface area contributed by atoms with Gasteiger partial charge in [0.15, 0.2) is 0 Å². The lowest BCUT2D eigenvalue weighted by molar-refractivity contribution is -0.127. The summed E-state index contributed by atoms with van der Waals surface area (Å²) in [6.45, 7) is 6.79. The predicted molar refractivity (Wildman–Crippen MR) is 94.5 cm³/mol. The van der Waals surface area contributed by atoms with Gasteiger partial charge in [0.25, 0.3) is 0 Å². The maximum Gasteiger partial charge on any atom is 0.230 e. The Bertz CT molecular complexity index is 495. The zero-order chi connectivity index (χ0) is 15.1. The van der Waals surface area contributed by atoms with Gasteiger partial charge in [0.1, 0.15) is 0 Å². The number of benzene rings is 1. The quantitative estimate of drug-likeness (QED) is 0.790. The smallest absolute Gasteiger partial charge is 0.230 e. The molecule has 0 fully saturated rings. The van der Waals surface area contributed by atoms with Crippen molar-refractivity contribution in [3.8, 4) is 0 Å². The molecule has 2 rings (SSSR count). The minimum absolute atomic E-state index is 0. The van der Waals surface area contributed by atoms with Crippen LogP contribution in [0.15, 0.2) is 42.0 Å². The summed E-state index contributed by atoms with van der Waals surface area (Å²) in [5.74, 6) is 0.151. The fraction of sp³-hybridized carbons (Fsp3) is 0.500. The summed E-state index contributed by atoms with van der Waals surface area (Å²) in [7, 11) is 0. The van der Waals surface area contributed by atoms with Crippen molar-refractivity contribution in [2.45, 2.75) is 38.5 Å².